The van der Waals surface area contributed by atoms with Crippen LogP contribution in [0.3, 0.4) is 0 Å². The summed E-state index contributed by atoms with van der Waals surface area (Å²) in [4.78, 5) is 11.1. The highest BCUT2D eigenvalue weighted by molar-refractivity contribution is 5.55. The number of aryl methyl sites for hydroxylation is 1. The van der Waals surface area contributed by atoms with Crippen LogP contribution in [-0.2, 0) is 16.0 Å². The molecule has 2 N–H and O–H groups in total. The number of unbranched alkanes of at least 4 members (excludes halogenated alkanes) is 1. The summed E-state index contributed by atoms with van der Waals surface area (Å²) in [6.45, 7) is 7.33. The van der Waals surface area contributed by atoms with Gasteiger partial charge in [-0.3, -0.25) is 0 Å². The molecule has 4 nitrogen and oxygen atoms in total. The first-order valence-electron chi connectivity index (χ1n) is 8.49. The molecule has 1 aromatic carbocycles. The number of nitrogens with two attached hydrogens (primary N) is 1. The van der Waals surface area contributed by atoms with Crippen molar-refractivity contribution in [1.29, 1.82) is 0 Å². The normalized spacial score (nSPS) is 12.9. The van der Waals surface area contributed by atoms with Crippen molar-refractivity contribution in [3.63, 3.8) is 0 Å². The van der Waals surface area contributed by atoms with Crippen LogP contribution in [0.15, 0.2) is 24.3 Å². The van der Waals surface area contributed by atoms with Gasteiger partial charge in [0.25, 0.3) is 0 Å². The minimum absolute atomic E-state index is 0.283. The smallest absolute Gasteiger partial charge is 0.148 e. The molecule has 0 saturated heterocycles. The summed E-state index contributed by atoms with van der Waals surface area (Å²) >= 11 is 0. The molecule has 0 heterocycles. The number of benzene rings is 1. The molecule has 1 aromatic rings. The molecule has 1 unspecified atom stereocenters. The SMILES string of the molecule is CC(C)(C)OC(C=O)CCCc1ccc(OCCCCN)cc1. The number of ether oxygens (including phenoxy) is 2. The fraction of sp³-hybridized carbons (Fsp3) is 0.632. The summed E-state index contributed by atoms with van der Waals surface area (Å²) in [6, 6.07) is 8.17. The highest BCUT2D eigenvalue weighted by Gasteiger charge is 2.17. The molecule has 0 aliphatic carbocycles. The van der Waals surface area contributed by atoms with E-state index in [0.29, 0.717) is 13.2 Å². The lowest BCUT2D eigenvalue weighted by molar-refractivity contribution is -0.128. The molecular formula is C19H31NO3. The van der Waals surface area contributed by atoms with E-state index in [1.807, 2.05) is 32.9 Å². The van der Waals surface area contributed by atoms with Crippen molar-refractivity contribution in [2.75, 3.05) is 13.2 Å². The summed E-state index contributed by atoms with van der Waals surface area (Å²) in [5.74, 6) is 0.896. The highest BCUT2D eigenvalue weighted by Crippen LogP contribution is 2.17. The van der Waals surface area contributed by atoms with Crippen LogP contribution >= 0.6 is 0 Å². The van der Waals surface area contributed by atoms with Gasteiger partial charge in [-0.05, 0) is 77.1 Å². The first-order valence-corrected chi connectivity index (χ1v) is 8.49. The maximum absolute atomic E-state index is 11.1. The lowest BCUT2D eigenvalue weighted by Gasteiger charge is -2.24. The predicted molar refractivity (Wildman–Crippen MR) is 93.9 cm³/mol. The van der Waals surface area contributed by atoms with Crippen molar-refractivity contribution in [1.82, 2.24) is 0 Å². The minimum Gasteiger partial charge on any atom is -0.494 e. The number of carbonyl (C=O) groups excluding carboxylic acids is 1. The molecule has 0 aromatic heterocycles. The molecular weight excluding hydrogens is 290 g/mol. The second kappa shape index (κ2) is 10.4. The van der Waals surface area contributed by atoms with Crippen molar-refractivity contribution in [3.05, 3.63) is 29.8 Å². The summed E-state index contributed by atoms with van der Waals surface area (Å²) in [5.41, 5.74) is 6.42. The first-order chi connectivity index (χ1) is 10.9. The van der Waals surface area contributed by atoms with E-state index < -0.39 is 0 Å². The average Bonchev–Trinajstić information content (AvgIpc) is 2.51. The molecule has 0 aliphatic heterocycles. The Kier molecular flexibility index (Phi) is 8.89. The molecule has 130 valence electrons. The van der Waals surface area contributed by atoms with Gasteiger partial charge in [0.1, 0.15) is 18.1 Å². The van der Waals surface area contributed by atoms with E-state index in [1.165, 1.54) is 5.56 Å². The third-order valence-electron chi connectivity index (χ3n) is 3.40. The van der Waals surface area contributed by atoms with E-state index in [4.69, 9.17) is 15.2 Å². The summed E-state index contributed by atoms with van der Waals surface area (Å²) in [6.07, 6.45) is 5.18. The zero-order valence-corrected chi connectivity index (χ0v) is 14.7. The Balaban J connectivity index is 2.30. The fourth-order valence-corrected chi connectivity index (χ4v) is 2.31. The van der Waals surface area contributed by atoms with Crippen LogP contribution in [0.1, 0.15) is 52.0 Å². The van der Waals surface area contributed by atoms with Crippen molar-refractivity contribution in [2.24, 2.45) is 5.73 Å². The van der Waals surface area contributed by atoms with E-state index in [0.717, 1.165) is 44.1 Å². The van der Waals surface area contributed by atoms with E-state index in [1.54, 1.807) is 0 Å². The van der Waals surface area contributed by atoms with Gasteiger partial charge in [0.2, 0.25) is 0 Å². The molecule has 1 rings (SSSR count). The molecule has 0 aliphatic rings. The van der Waals surface area contributed by atoms with Crippen LogP contribution < -0.4 is 10.5 Å². The Hall–Kier alpha value is -1.39. The van der Waals surface area contributed by atoms with E-state index in [-0.39, 0.29) is 11.7 Å². The van der Waals surface area contributed by atoms with Gasteiger partial charge in [-0.15, -0.1) is 0 Å². The molecule has 1 atom stereocenters. The fourth-order valence-electron chi connectivity index (χ4n) is 2.31. The Morgan fingerprint density at radius 1 is 1.13 bits per heavy atom. The molecule has 0 spiro atoms. The van der Waals surface area contributed by atoms with Crippen LogP contribution in [0.5, 0.6) is 5.75 Å². The zero-order valence-electron chi connectivity index (χ0n) is 14.7. The lowest BCUT2D eigenvalue weighted by Crippen LogP contribution is -2.28. The van der Waals surface area contributed by atoms with Gasteiger partial charge in [0, 0.05) is 0 Å². The molecule has 0 radical (unpaired) electrons. The largest absolute Gasteiger partial charge is 0.494 e. The van der Waals surface area contributed by atoms with Gasteiger partial charge >= 0.3 is 0 Å². The Bertz CT molecular complexity index is 437. The van der Waals surface area contributed by atoms with E-state index in [2.05, 4.69) is 12.1 Å². The highest BCUT2D eigenvalue weighted by atomic mass is 16.5. The molecule has 23 heavy (non-hydrogen) atoms. The topological polar surface area (TPSA) is 61.5 Å². The van der Waals surface area contributed by atoms with Gasteiger partial charge in [0.05, 0.1) is 12.2 Å². The maximum Gasteiger partial charge on any atom is 0.148 e. The van der Waals surface area contributed by atoms with Crippen LogP contribution in [0.2, 0.25) is 0 Å². The Labute approximate surface area is 140 Å². The monoisotopic (exact) mass is 321 g/mol. The number of carbonyl (C=O) groups is 1. The van der Waals surface area contributed by atoms with Crippen molar-refractivity contribution in [3.8, 4) is 5.75 Å². The third-order valence-corrected chi connectivity index (χ3v) is 3.40. The van der Waals surface area contributed by atoms with Crippen molar-refractivity contribution >= 4 is 6.29 Å². The van der Waals surface area contributed by atoms with Crippen molar-refractivity contribution < 1.29 is 14.3 Å². The number of hydrogen-bond donors (Lipinski definition) is 1. The van der Waals surface area contributed by atoms with E-state index >= 15 is 0 Å². The lowest BCUT2D eigenvalue weighted by atomic mass is 10.1. The Morgan fingerprint density at radius 3 is 2.39 bits per heavy atom. The van der Waals surface area contributed by atoms with Gasteiger partial charge in [-0.1, -0.05) is 12.1 Å². The maximum atomic E-state index is 11.1. The standard InChI is InChI=1S/C19H31NO3/c1-19(2,3)23-18(15-21)8-6-7-16-9-11-17(12-10-16)22-14-5-4-13-20/h9-12,15,18H,4-8,13-14,20H2,1-3H3. The van der Waals surface area contributed by atoms with Gasteiger partial charge in [-0.25, -0.2) is 0 Å². The molecule has 0 amide bonds. The predicted octanol–water partition coefficient (Wildman–Crippen LogP) is 3.51. The minimum atomic E-state index is -0.319. The number of rotatable bonds is 11. The molecule has 0 bridgehead atoms. The van der Waals surface area contributed by atoms with Crippen LogP contribution in [0.25, 0.3) is 0 Å². The Morgan fingerprint density at radius 2 is 1.83 bits per heavy atom. The molecule has 0 fully saturated rings. The van der Waals surface area contributed by atoms with E-state index in [9.17, 15) is 4.79 Å². The van der Waals surface area contributed by atoms with Gasteiger partial charge < -0.3 is 20.0 Å². The molecule has 4 heteroatoms. The quantitative estimate of drug-likeness (QED) is 0.500. The second-order valence-electron chi connectivity index (χ2n) is 6.79. The van der Waals surface area contributed by atoms with Gasteiger partial charge in [-0.2, -0.15) is 0 Å². The van der Waals surface area contributed by atoms with Gasteiger partial charge in [0.15, 0.2) is 0 Å². The average molecular weight is 321 g/mol. The third kappa shape index (κ3) is 9.36. The van der Waals surface area contributed by atoms with Crippen LogP contribution in [0.4, 0.5) is 0 Å². The second-order valence-corrected chi connectivity index (χ2v) is 6.79. The summed E-state index contributed by atoms with van der Waals surface area (Å²) in [7, 11) is 0. The number of aldehydes is 1. The van der Waals surface area contributed by atoms with Crippen LogP contribution in [0, 0.1) is 0 Å². The molecule has 0 saturated carbocycles. The zero-order chi connectivity index (χ0) is 17.1. The summed E-state index contributed by atoms with van der Waals surface area (Å²) in [5, 5.41) is 0. The van der Waals surface area contributed by atoms with Crippen molar-refractivity contribution in [2.45, 2.75) is 64.6 Å². The summed E-state index contributed by atoms with van der Waals surface area (Å²) < 4.78 is 11.4. The first kappa shape index (κ1) is 19.7. The van der Waals surface area contributed by atoms with Crippen LogP contribution in [-0.4, -0.2) is 31.1 Å². The number of hydrogen-bond acceptors (Lipinski definition) is 4.